The van der Waals surface area contributed by atoms with Crippen molar-refractivity contribution in [2.45, 2.75) is 0 Å². The van der Waals surface area contributed by atoms with E-state index >= 15 is 0 Å². The Labute approximate surface area is 127 Å². The van der Waals surface area contributed by atoms with Crippen molar-refractivity contribution in [1.82, 2.24) is 14.5 Å². The van der Waals surface area contributed by atoms with Gasteiger partial charge in [-0.3, -0.25) is 4.57 Å². The van der Waals surface area contributed by atoms with Gasteiger partial charge in [-0.2, -0.15) is 0 Å². The van der Waals surface area contributed by atoms with E-state index in [2.05, 4.69) is 32.6 Å². The van der Waals surface area contributed by atoms with Crippen LogP contribution in [0, 0.1) is 8.34 Å². The Balaban J connectivity index is 2.38. The van der Waals surface area contributed by atoms with Gasteiger partial charge in [0.05, 0.1) is 11.2 Å². The summed E-state index contributed by atoms with van der Waals surface area (Å²) in [5.74, 6) is 0. The highest BCUT2D eigenvalue weighted by Crippen LogP contribution is 2.24. The average Bonchev–Trinajstić information content (AvgIpc) is 2.66. The van der Waals surface area contributed by atoms with Crippen LogP contribution in [0.4, 0.5) is 0 Å². The van der Waals surface area contributed by atoms with Gasteiger partial charge in [-0.25, -0.2) is 4.98 Å². The number of halogens is 2. The van der Waals surface area contributed by atoms with Gasteiger partial charge in [0.25, 0.3) is 0 Å². The summed E-state index contributed by atoms with van der Waals surface area (Å²) in [7, 11) is 0. The molecule has 0 spiro atoms. The van der Waals surface area contributed by atoms with Crippen LogP contribution < -0.4 is 0 Å². The van der Waals surface area contributed by atoms with E-state index in [9.17, 15) is 0 Å². The van der Waals surface area contributed by atoms with E-state index in [0.29, 0.717) is 9.79 Å². The number of pyridine rings is 1. The molecule has 0 saturated heterocycles. The van der Waals surface area contributed by atoms with Gasteiger partial charge in [-0.1, -0.05) is 11.6 Å². The first-order chi connectivity index (χ1) is 8.66. The molecule has 18 heavy (non-hydrogen) atoms. The molecular weight excluding hydrogens is 381 g/mol. The summed E-state index contributed by atoms with van der Waals surface area (Å²) in [6, 6.07) is 9.54. The van der Waals surface area contributed by atoms with Gasteiger partial charge in [0.15, 0.2) is 10.4 Å². The van der Waals surface area contributed by atoms with Crippen molar-refractivity contribution in [3.8, 4) is 5.69 Å². The third-order valence-electron chi connectivity index (χ3n) is 2.59. The number of hydrogen-bond acceptors (Lipinski definition) is 2. The zero-order valence-corrected chi connectivity index (χ0v) is 12.8. The van der Waals surface area contributed by atoms with Gasteiger partial charge >= 0.3 is 0 Å². The summed E-state index contributed by atoms with van der Waals surface area (Å²) >= 11 is 13.6. The molecule has 3 nitrogen and oxygen atoms in total. The quantitative estimate of drug-likeness (QED) is 0.498. The maximum atomic E-state index is 5.97. The van der Waals surface area contributed by atoms with Gasteiger partial charge in [0, 0.05) is 14.8 Å². The molecule has 1 aromatic carbocycles. The Hall–Kier alpha value is -0.920. The highest BCUT2D eigenvalue weighted by atomic mass is 127. The van der Waals surface area contributed by atoms with Gasteiger partial charge in [0.1, 0.15) is 0 Å². The van der Waals surface area contributed by atoms with Crippen LogP contribution in [0.3, 0.4) is 0 Å². The van der Waals surface area contributed by atoms with Gasteiger partial charge in [0.2, 0.25) is 0 Å². The van der Waals surface area contributed by atoms with Crippen LogP contribution in [0.2, 0.25) is 5.02 Å². The molecule has 0 bridgehead atoms. The molecule has 0 amide bonds. The highest BCUT2D eigenvalue weighted by molar-refractivity contribution is 14.1. The Bertz CT molecular complexity index is 793. The number of H-pyrrole nitrogens is 1. The first kappa shape index (κ1) is 12.1. The van der Waals surface area contributed by atoms with Crippen LogP contribution >= 0.6 is 46.4 Å². The van der Waals surface area contributed by atoms with Crippen LogP contribution in [-0.2, 0) is 0 Å². The second-order valence-corrected chi connectivity index (χ2v) is 5.72. The summed E-state index contributed by atoms with van der Waals surface area (Å²) in [5.41, 5.74) is 2.73. The smallest absolute Gasteiger partial charge is 0.184 e. The zero-order valence-electron chi connectivity index (χ0n) is 9.02. The fourth-order valence-corrected chi connectivity index (χ4v) is 3.23. The third kappa shape index (κ3) is 1.96. The SMILES string of the molecule is S=c1[nH]c2cccnc2n1-c1ccc(Cl)cc1I. The van der Waals surface area contributed by atoms with Gasteiger partial charge < -0.3 is 4.98 Å². The largest absolute Gasteiger partial charge is 0.329 e. The lowest BCUT2D eigenvalue weighted by Crippen LogP contribution is -1.98. The van der Waals surface area contributed by atoms with Gasteiger partial charge in [-0.05, 0) is 65.1 Å². The second kappa shape index (κ2) is 4.64. The summed E-state index contributed by atoms with van der Waals surface area (Å²) in [6.45, 7) is 0. The molecule has 0 aliphatic heterocycles. The van der Waals surface area contributed by atoms with E-state index in [0.717, 1.165) is 20.4 Å². The number of benzene rings is 1. The molecule has 0 radical (unpaired) electrons. The van der Waals surface area contributed by atoms with E-state index in [1.807, 2.05) is 34.9 Å². The zero-order chi connectivity index (χ0) is 12.7. The van der Waals surface area contributed by atoms with Crippen molar-refractivity contribution in [2.24, 2.45) is 0 Å². The van der Waals surface area contributed by atoms with E-state index in [4.69, 9.17) is 23.8 Å². The predicted molar refractivity (Wildman–Crippen MR) is 84.0 cm³/mol. The molecule has 2 heterocycles. The summed E-state index contributed by atoms with van der Waals surface area (Å²) < 4.78 is 3.58. The average molecular weight is 388 g/mol. The minimum atomic E-state index is 0.629. The number of imidazole rings is 1. The number of nitrogens with one attached hydrogen (secondary N) is 1. The minimum Gasteiger partial charge on any atom is -0.329 e. The number of rotatable bonds is 1. The molecule has 0 atom stereocenters. The Morgan fingerprint density at radius 3 is 2.94 bits per heavy atom. The Kier molecular flexibility index (Phi) is 3.13. The maximum absolute atomic E-state index is 5.97. The fraction of sp³-hybridized carbons (Fsp3) is 0. The molecule has 0 aliphatic carbocycles. The van der Waals surface area contributed by atoms with Crippen molar-refractivity contribution in [3.05, 3.63) is 49.9 Å². The van der Waals surface area contributed by atoms with E-state index in [-0.39, 0.29) is 0 Å². The highest BCUT2D eigenvalue weighted by Gasteiger charge is 2.10. The predicted octanol–water partition coefficient (Wildman–Crippen LogP) is 4.34. The first-order valence-electron chi connectivity index (χ1n) is 5.18. The molecule has 6 heteroatoms. The molecule has 0 fully saturated rings. The maximum Gasteiger partial charge on any atom is 0.184 e. The number of aromatic amines is 1. The summed E-state index contributed by atoms with van der Waals surface area (Å²) in [4.78, 5) is 7.52. The molecule has 3 rings (SSSR count). The Morgan fingerprint density at radius 1 is 1.33 bits per heavy atom. The van der Waals surface area contributed by atoms with Crippen molar-refractivity contribution in [2.75, 3.05) is 0 Å². The third-order valence-corrected chi connectivity index (χ3v) is 3.98. The number of aromatic nitrogens is 3. The normalized spacial score (nSPS) is 11.0. The lowest BCUT2D eigenvalue weighted by atomic mass is 10.3. The molecule has 3 aromatic rings. The van der Waals surface area contributed by atoms with Crippen LogP contribution in [-0.4, -0.2) is 14.5 Å². The van der Waals surface area contributed by atoms with Crippen molar-refractivity contribution < 1.29 is 0 Å². The standard InChI is InChI=1S/C12H7ClIN3S/c13-7-3-4-10(8(14)6-7)17-11-9(16-12(17)18)2-1-5-15-11/h1-6H,(H,16,18). The van der Waals surface area contributed by atoms with Crippen molar-refractivity contribution in [1.29, 1.82) is 0 Å². The topological polar surface area (TPSA) is 33.6 Å². The van der Waals surface area contributed by atoms with Crippen molar-refractivity contribution in [3.63, 3.8) is 0 Å². The first-order valence-corrected chi connectivity index (χ1v) is 7.04. The number of hydrogen-bond donors (Lipinski definition) is 1. The second-order valence-electron chi connectivity index (χ2n) is 3.74. The van der Waals surface area contributed by atoms with E-state index in [1.54, 1.807) is 6.20 Å². The van der Waals surface area contributed by atoms with Crippen LogP contribution in [0.5, 0.6) is 0 Å². The van der Waals surface area contributed by atoms with E-state index in [1.165, 1.54) is 0 Å². The molecule has 0 saturated carbocycles. The Morgan fingerprint density at radius 2 is 2.17 bits per heavy atom. The van der Waals surface area contributed by atoms with E-state index < -0.39 is 0 Å². The molecular formula is C12H7ClIN3S. The molecule has 2 aromatic heterocycles. The fourth-order valence-electron chi connectivity index (χ4n) is 1.83. The lowest BCUT2D eigenvalue weighted by Gasteiger charge is -2.06. The number of nitrogens with zero attached hydrogens (tertiary/aromatic N) is 2. The monoisotopic (exact) mass is 387 g/mol. The number of fused-ring (bicyclic) bond motifs is 1. The van der Waals surface area contributed by atoms with Crippen molar-refractivity contribution >= 4 is 57.6 Å². The van der Waals surface area contributed by atoms with Crippen LogP contribution in [0.1, 0.15) is 0 Å². The molecule has 0 aliphatic rings. The minimum absolute atomic E-state index is 0.629. The summed E-state index contributed by atoms with van der Waals surface area (Å²) in [6.07, 6.45) is 1.75. The van der Waals surface area contributed by atoms with Gasteiger partial charge in [-0.15, -0.1) is 0 Å². The van der Waals surface area contributed by atoms with Crippen LogP contribution in [0.25, 0.3) is 16.9 Å². The molecule has 1 N–H and O–H groups in total. The molecule has 90 valence electrons. The lowest BCUT2D eigenvalue weighted by molar-refractivity contribution is 1.04. The van der Waals surface area contributed by atoms with Crippen LogP contribution in [0.15, 0.2) is 36.5 Å². The summed E-state index contributed by atoms with van der Waals surface area (Å²) in [5, 5.41) is 0.711. The molecule has 0 unspecified atom stereocenters.